The van der Waals surface area contributed by atoms with Gasteiger partial charge >= 0.3 is 17.9 Å². The van der Waals surface area contributed by atoms with E-state index in [1.807, 2.05) is 36.4 Å². The maximum atomic E-state index is 13.7. The third-order valence-electron chi connectivity index (χ3n) is 5.28. The van der Waals surface area contributed by atoms with Gasteiger partial charge in [0.05, 0.1) is 7.11 Å². The summed E-state index contributed by atoms with van der Waals surface area (Å²) in [6.07, 6.45) is -4.12. The van der Waals surface area contributed by atoms with Gasteiger partial charge in [-0.05, 0) is 63.2 Å². The van der Waals surface area contributed by atoms with Gasteiger partial charge in [-0.15, -0.1) is 0 Å². The molecule has 0 aromatic heterocycles. The van der Waals surface area contributed by atoms with Crippen molar-refractivity contribution in [3.8, 4) is 11.5 Å². The van der Waals surface area contributed by atoms with Crippen molar-refractivity contribution in [2.75, 3.05) is 21.2 Å². The standard InChI is InChI=1S/C25H30F3NO6/c1-16(34-24(32)25(27,28)22(26)23(30)31)14-21(29(2)3)35-20-11-6-5-9-18(20)13-12-17-8-7-10-19(15-17)33-4/h5-11,15-16,21-22H,12-14H2,1-4H3,(H,30,31)/t16?,21-,22+/m0/s1. The van der Waals surface area contributed by atoms with Crippen LogP contribution in [0.5, 0.6) is 11.5 Å². The number of aryl methyl sites for hydroxylation is 2. The zero-order chi connectivity index (χ0) is 26.2. The largest absolute Gasteiger partial charge is 0.497 e. The lowest BCUT2D eigenvalue weighted by atomic mass is 10.0. The molecule has 192 valence electrons. The topological polar surface area (TPSA) is 85.3 Å². The fraction of sp³-hybridized carbons (Fsp3) is 0.440. The number of ether oxygens (including phenoxy) is 3. The van der Waals surface area contributed by atoms with Crippen LogP contribution in [0.25, 0.3) is 0 Å². The second-order valence-electron chi connectivity index (χ2n) is 8.27. The maximum Gasteiger partial charge on any atom is 0.384 e. The first-order valence-electron chi connectivity index (χ1n) is 10.9. The highest BCUT2D eigenvalue weighted by Gasteiger charge is 2.54. The van der Waals surface area contributed by atoms with Crippen molar-refractivity contribution in [1.29, 1.82) is 0 Å². The van der Waals surface area contributed by atoms with Gasteiger partial charge in [0.15, 0.2) is 6.23 Å². The molecular formula is C25H30F3NO6. The lowest BCUT2D eigenvalue weighted by molar-refractivity contribution is -0.194. The van der Waals surface area contributed by atoms with Crippen LogP contribution < -0.4 is 9.47 Å². The van der Waals surface area contributed by atoms with Crippen LogP contribution in [-0.4, -0.2) is 67.6 Å². The third kappa shape index (κ3) is 7.88. The first-order valence-corrected chi connectivity index (χ1v) is 10.9. The van der Waals surface area contributed by atoms with E-state index >= 15 is 0 Å². The average Bonchev–Trinajstić information content (AvgIpc) is 2.82. The van der Waals surface area contributed by atoms with Crippen molar-refractivity contribution in [2.45, 2.75) is 50.6 Å². The monoisotopic (exact) mass is 497 g/mol. The van der Waals surface area contributed by atoms with Crippen molar-refractivity contribution in [2.24, 2.45) is 0 Å². The Morgan fingerprint density at radius 1 is 1.09 bits per heavy atom. The van der Waals surface area contributed by atoms with E-state index in [0.29, 0.717) is 12.2 Å². The van der Waals surface area contributed by atoms with Crippen molar-refractivity contribution in [3.05, 3.63) is 59.7 Å². The molecule has 0 fully saturated rings. The fourth-order valence-corrected chi connectivity index (χ4v) is 3.30. The van der Waals surface area contributed by atoms with E-state index in [1.54, 1.807) is 38.2 Å². The Labute approximate surface area is 202 Å². The number of benzene rings is 2. The van der Waals surface area contributed by atoms with Gasteiger partial charge in [-0.2, -0.15) is 8.78 Å². The molecule has 1 N–H and O–H groups in total. The number of esters is 1. The molecule has 0 saturated heterocycles. The van der Waals surface area contributed by atoms with Crippen LogP contribution in [0.15, 0.2) is 48.5 Å². The predicted molar refractivity (Wildman–Crippen MR) is 123 cm³/mol. The number of carbonyl (C=O) groups is 2. The summed E-state index contributed by atoms with van der Waals surface area (Å²) >= 11 is 0. The molecule has 0 bridgehead atoms. The minimum atomic E-state index is -4.80. The number of aliphatic carboxylic acids is 1. The average molecular weight is 498 g/mol. The minimum Gasteiger partial charge on any atom is -0.497 e. The van der Waals surface area contributed by atoms with Crippen LogP contribution in [0, 0.1) is 0 Å². The predicted octanol–water partition coefficient (Wildman–Crippen LogP) is 4.13. The third-order valence-corrected chi connectivity index (χ3v) is 5.28. The van der Waals surface area contributed by atoms with Gasteiger partial charge in [0, 0.05) is 6.42 Å². The molecule has 0 spiro atoms. The van der Waals surface area contributed by atoms with Crippen LogP contribution in [0.1, 0.15) is 24.5 Å². The van der Waals surface area contributed by atoms with E-state index in [-0.39, 0.29) is 6.42 Å². The fourth-order valence-electron chi connectivity index (χ4n) is 3.30. The van der Waals surface area contributed by atoms with Crippen molar-refractivity contribution >= 4 is 11.9 Å². The molecule has 3 atom stereocenters. The Morgan fingerprint density at radius 3 is 2.40 bits per heavy atom. The lowest BCUT2D eigenvalue weighted by Gasteiger charge is -2.29. The molecule has 7 nitrogen and oxygen atoms in total. The number of hydrogen-bond donors (Lipinski definition) is 1. The molecule has 0 saturated carbocycles. The van der Waals surface area contributed by atoms with Crippen LogP contribution in [0.2, 0.25) is 0 Å². The van der Waals surface area contributed by atoms with E-state index in [2.05, 4.69) is 4.74 Å². The second-order valence-corrected chi connectivity index (χ2v) is 8.27. The molecule has 0 aliphatic rings. The SMILES string of the molecule is COc1cccc(CCc2ccccc2O[C@@H](CC(C)OC(=O)C(F)(F)[C@H](F)C(=O)O)N(C)C)c1. The number of methoxy groups -OCH3 is 1. The van der Waals surface area contributed by atoms with E-state index in [0.717, 1.165) is 23.3 Å². The van der Waals surface area contributed by atoms with Crippen molar-refractivity contribution in [3.63, 3.8) is 0 Å². The molecule has 35 heavy (non-hydrogen) atoms. The van der Waals surface area contributed by atoms with Crippen LogP contribution in [-0.2, 0) is 27.2 Å². The summed E-state index contributed by atoms with van der Waals surface area (Å²) in [6, 6.07) is 15.1. The quantitative estimate of drug-likeness (QED) is 0.329. The molecule has 2 aromatic rings. The van der Waals surface area contributed by atoms with Crippen LogP contribution >= 0.6 is 0 Å². The van der Waals surface area contributed by atoms with Gasteiger partial charge in [-0.1, -0.05) is 30.3 Å². The van der Waals surface area contributed by atoms with Gasteiger partial charge in [0.1, 0.15) is 17.6 Å². The van der Waals surface area contributed by atoms with Crippen LogP contribution in [0.3, 0.4) is 0 Å². The molecule has 2 rings (SSSR count). The molecule has 0 amide bonds. The lowest BCUT2D eigenvalue weighted by Crippen LogP contribution is -2.46. The first kappa shape index (κ1) is 28.0. The summed E-state index contributed by atoms with van der Waals surface area (Å²) in [5.41, 5.74) is 2.00. The Morgan fingerprint density at radius 2 is 1.77 bits per heavy atom. The number of para-hydroxylation sites is 1. The van der Waals surface area contributed by atoms with Crippen LogP contribution in [0.4, 0.5) is 13.2 Å². The summed E-state index contributed by atoms with van der Waals surface area (Å²) < 4.78 is 56.7. The highest BCUT2D eigenvalue weighted by molar-refractivity contribution is 5.87. The van der Waals surface area contributed by atoms with Gasteiger partial charge in [0.25, 0.3) is 6.17 Å². The van der Waals surface area contributed by atoms with Crippen molar-refractivity contribution < 1.29 is 42.1 Å². The first-order chi connectivity index (χ1) is 16.4. The highest BCUT2D eigenvalue weighted by Crippen LogP contribution is 2.27. The highest BCUT2D eigenvalue weighted by atomic mass is 19.3. The Kier molecular flexibility index (Phi) is 9.94. The molecule has 0 aliphatic heterocycles. The molecule has 2 aromatic carbocycles. The normalized spacial score (nSPS) is 14.2. The molecule has 10 heteroatoms. The Balaban J connectivity index is 2.07. The smallest absolute Gasteiger partial charge is 0.384 e. The maximum absolute atomic E-state index is 13.7. The number of carbonyl (C=O) groups excluding carboxylic acids is 1. The Bertz CT molecular complexity index is 1000. The summed E-state index contributed by atoms with van der Waals surface area (Å²) in [7, 11) is 5.01. The summed E-state index contributed by atoms with van der Waals surface area (Å²) in [5.74, 6) is -8.15. The number of rotatable bonds is 13. The number of halogens is 3. The number of nitrogens with zero attached hydrogens (tertiary/aromatic N) is 1. The van der Waals surface area contributed by atoms with E-state index in [4.69, 9.17) is 14.6 Å². The second kappa shape index (κ2) is 12.4. The molecular weight excluding hydrogens is 467 g/mol. The number of carboxylic acid groups (broad SMARTS) is 1. The number of carboxylic acids is 1. The van der Waals surface area contributed by atoms with Gasteiger partial charge < -0.3 is 19.3 Å². The zero-order valence-corrected chi connectivity index (χ0v) is 20.0. The summed E-state index contributed by atoms with van der Waals surface area (Å²) in [6.45, 7) is 1.34. The van der Waals surface area contributed by atoms with E-state index in [1.165, 1.54) is 6.92 Å². The number of hydrogen-bond acceptors (Lipinski definition) is 6. The molecule has 1 unspecified atom stereocenters. The van der Waals surface area contributed by atoms with Gasteiger partial charge in [-0.25, -0.2) is 14.0 Å². The van der Waals surface area contributed by atoms with Crippen molar-refractivity contribution in [1.82, 2.24) is 4.90 Å². The van der Waals surface area contributed by atoms with E-state index in [9.17, 15) is 22.8 Å². The zero-order valence-electron chi connectivity index (χ0n) is 20.0. The Hall–Kier alpha value is -3.27. The van der Waals surface area contributed by atoms with E-state index < -0.39 is 36.4 Å². The minimum absolute atomic E-state index is 0.0247. The summed E-state index contributed by atoms with van der Waals surface area (Å²) in [4.78, 5) is 23.9. The summed E-state index contributed by atoms with van der Waals surface area (Å²) in [5, 5.41) is 8.46. The molecule has 0 aliphatic carbocycles. The number of alkyl halides is 3. The molecule has 0 radical (unpaired) electrons. The molecule has 0 heterocycles. The van der Waals surface area contributed by atoms with Gasteiger partial charge in [0.2, 0.25) is 0 Å². The van der Waals surface area contributed by atoms with Gasteiger partial charge in [-0.3, -0.25) is 4.90 Å².